The average molecular weight is 301 g/mol. The lowest BCUT2D eigenvalue weighted by Crippen LogP contribution is -2.38. The summed E-state index contributed by atoms with van der Waals surface area (Å²) in [6, 6.07) is 5.19. The third-order valence-corrected chi connectivity index (χ3v) is 3.68. The number of piperidine rings is 1. The molecule has 1 aromatic rings. The van der Waals surface area contributed by atoms with Crippen LogP contribution in [0.3, 0.4) is 0 Å². The van der Waals surface area contributed by atoms with Gasteiger partial charge in [-0.3, -0.25) is 4.90 Å². The second kappa shape index (κ2) is 7.56. The largest absolute Gasteiger partial charge is 0.493 e. The van der Waals surface area contributed by atoms with Crippen LogP contribution in [-0.2, 0) is 11.3 Å². The van der Waals surface area contributed by atoms with Gasteiger partial charge >= 0.3 is 6.61 Å². The number of nitrogens with zero attached hydrogens (tertiary/aromatic N) is 1. The summed E-state index contributed by atoms with van der Waals surface area (Å²) in [5, 5.41) is 0. The second-order valence-electron chi connectivity index (χ2n) is 5.06. The van der Waals surface area contributed by atoms with Gasteiger partial charge in [-0.1, -0.05) is 12.1 Å². The monoisotopic (exact) mass is 301 g/mol. The Morgan fingerprint density at radius 3 is 2.81 bits per heavy atom. The van der Waals surface area contributed by atoms with Crippen LogP contribution in [0.2, 0.25) is 0 Å². The molecule has 1 heterocycles. The van der Waals surface area contributed by atoms with E-state index in [1.54, 1.807) is 25.3 Å². The summed E-state index contributed by atoms with van der Waals surface area (Å²) in [6.07, 6.45) is 2.27. The zero-order valence-electron chi connectivity index (χ0n) is 12.4. The maximum Gasteiger partial charge on any atom is 0.387 e. The smallest absolute Gasteiger partial charge is 0.387 e. The lowest BCUT2D eigenvalue weighted by Gasteiger charge is -2.32. The molecule has 1 aromatic carbocycles. The van der Waals surface area contributed by atoms with Gasteiger partial charge in [-0.15, -0.1) is 0 Å². The molecule has 1 aliphatic rings. The van der Waals surface area contributed by atoms with Gasteiger partial charge < -0.3 is 14.2 Å². The van der Waals surface area contributed by atoms with E-state index in [0.717, 1.165) is 25.9 Å². The molecule has 0 N–H and O–H groups in total. The van der Waals surface area contributed by atoms with Gasteiger partial charge in [0, 0.05) is 25.8 Å². The molecule has 0 amide bonds. The quantitative estimate of drug-likeness (QED) is 0.808. The van der Waals surface area contributed by atoms with Gasteiger partial charge in [0.2, 0.25) is 0 Å². The minimum atomic E-state index is -2.87. The van der Waals surface area contributed by atoms with E-state index < -0.39 is 6.61 Å². The van der Waals surface area contributed by atoms with Crippen molar-refractivity contribution in [2.45, 2.75) is 32.1 Å². The zero-order valence-corrected chi connectivity index (χ0v) is 12.4. The first-order valence-electron chi connectivity index (χ1n) is 7.00. The highest BCUT2D eigenvalue weighted by atomic mass is 19.3. The summed E-state index contributed by atoms with van der Waals surface area (Å²) in [7, 11) is 3.14. The topological polar surface area (TPSA) is 30.9 Å². The molecule has 1 fully saturated rings. The Kier molecular flexibility index (Phi) is 5.76. The van der Waals surface area contributed by atoms with Gasteiger partial charge in [0.15, 0.2) is 11.5 Å². The fraction of sp³-hybridized carbons (Fsp3) is 0.600. The highest BCUT2D eigenvalue weighted by Gasteiger charge is 2.22. The van der Waals surface area contributed by atoms with Crippen LogP contribution in [0.1, 0.15) is 18.4 Å². The van der Waals surface area contributed by atoms with Gasteiger partial charge in [-0.2, -0.15) is 8.78 Å². The molecule has 2 rings (SSSR count). The Balaban J connectivity index is 2.14. The van der Waals surface area contributed by atoms with Crippen LogP contribution in [0.4, 0.5) is 8.78 Å². The predicted molar refractivity (Wildman–Crippen MR) is 74.9 cm³/mol. The molecule has 21 heavy (non-hydrogen) atoms. The summed E-state index contributed by atoms with van der Waals surface area (Å²) < 4.78 is 40.3. The molecule has 0 saturated carbocycles. The van der Waals surface area contributed by atoms with Crippen molar-refractivity contribution < 1.29 is 23.0 Å². The number of halogens is 2. The van der Waals surface area contributed by atoms with E-state index in [-0.39, 0.29) is 11.9 Å². The van der Waals surface area contributed by atoms with Crippen LogP contribution >= 0.6 is 0 Å². The first kappa shape index (κ1) is 16.0. The van der Waals surface area contributed by atoms with E-state index in [2.05, 4.69) is 9.64 Å². The van der Waals surface area contributed by atoms with E-state index in [0.29, 0.717) is 17.9 Å². The fourth-order valence-electron chi connectivity index (χ4n) is 2.66. The van der Waals surface area contributed by atoms with Crippen molar-refractivity contribution in [1.82, 2.24) is 4.90 Å². The highest BCUT2D eigenvalue weighted by Crippen LogP contribution is 2.33. The molecular formula is C15H21F2NO3. The van der Waals surface area contributed by atoms with Crippen LogP contribution in [0.5, 0.6) is 11.5 Å². The van der Waals surface area contributed by atoms with Crippen LogP contribution in [0.25, 0.3) is 0 Å². The predicted octanol–water partition coefficient (Wildman–Crippen LogP) is 2.91. The van der Waals surface area contributed by atoms with Crippen molar-refractivity contribution in [3.05, 3.63) is 23.8 Å². The summed E-state index contributed by atoms with van der Waals surface area (Å²) in [4.78, 5) is 2.19. The lowest BCUT2D eigenvalue weighted by atomic mass is 10.1. The Morgan fingerprint density at radius 2 is 2.14 bits per heavy atom. The molecular weight excluding hydrogens is 280 g/mol. The second-order valence-corrected chi connectivity index (χ2v) is 5.06. The molecule has 1 atom stereocenters. The highest BCUT2D eigenvalue weighted by molar-refractivity contribution is 5.46. The summed E-state index contributed by atoms with van der Waals surface area (Å²) in [5.74, 6) is 0.447. The van der Waals surface area contributed by atoms with Crippen molar-refractivity contribution in [2.75, 3.05) is 27.3 Å². The van der Waals surface area contributed by atoms with Gasteiger partial charge in [-0.05, 0) is 25.5 Å². The van der Waals surface area contributed by atoms with Crippen LogP contribution in [-0.4, -0.2) is 44.9 Å². The Morgan fingerprint density at radius 1 is 1.33 bits per heavy atom. The number of methoxy groups -OCH3 is 2. The summed E-state index contributed by atoms with van der Waals surface area (Å²) >= 11 is 0. The molecule has 0 aromatic heterocycles. The standard InChI is InChI=1S/C15H21F2NO3/c1-19-12-6-4-8-18(10-12)9-11-5-3-7-13(20-2)14(11)21-15(16)17/h3,5,7,12,15H,4,6,8-10H2,1-2H3. The number of hydrogen-bond donors (Lipinski definition) is 0. The number of benzene rings is 1. The molecule has 0 bridgehead atoms. The SMILES string of the molecule is COc1cccc(CN2CCCC(OC)C2)c1OC(F)F. The molecule has 0 spiro atoms. The number of likely N-dealkylation sites (tertiary alicyclic amines) is 1. The molecule has 0 aliphatic carbocycles. The third kappa shape index (κ3) is 4.28. The number of hydrogen-bond acceptors (Lipinski definition) is 4. The number of alkyl halides is 2. The molecule has 118 valence electrons. The van der Waals surface area contributed by atoms with E-state index in [4.69, 9.17) is 9.47 Å². The van der Waals surface area contributed by atoms with Crippen LogP contribution < -0.4 is 9.47 Å². The maximum atomic E-state index is 12.6. The van der Waals surface area contributed by atoms with Gasteiger partial charge in [0.1, 0.15) is 0 Å². The lowest BCUT2D eigenvalue weighted by molar-refractivity contribution is -0.0524. The Labute approximate surface area is 123 Å². The van der Waals surface area contributed by atoms with Crippen molar-refractivity contribution in [3.8, 4) is 11.5 Å². The number of rotatable bonds is 6. The third-order valence-electron chi connectivity index (χ3n) is 3.68. The van der Waals surface area contributed by atoms with Crippen LogP contribution in [0.15, 0.2) is 18.2 Å². The molecule has 1 aliphatic heterocycles. The number of para-hydroxylation sites is 1. The minimum absolute atomic E-state index is 0.120. The van der Waals surface area contributed by atoms with Gasteiger partial charge in [-0.25, -0.2) is 0 Å². The fourth-order valence-corrected chi connectivity index (χ4v) is 2.66. The van der Waals surface area contributed by atoms with Crippen molar-refractivity contribution in [3.63, 3.8) is 0 Å². The van der Waals surface area contributed by atoms with Crippen molar-refractivity contribution in [2.24, 2.45) is 0 Å². The van der Waals surface area contributed by atoms with Gasteiger partial charge in [0.25, 0.3) is 0 Å². The van der Waals surface area contributed by atoms with E-state index in [1.165, 1.54) is 7.11 Å². The Hall–Kier alpha value is -1.40. The van der Waals surface area contributed by atoms with E-state index >= 15 is 0 Å². The molecule has 0 radical (unpaired) electrons. The summed E-state index contributed by atoms with van der Waals surface area (Å²) in [5.41, 5.74) is 0.700. The normalized spacial score (nSPS) is 19.8. The summed E-state index contributed by atoms with van der Waals surface area (Å²) in [6.45, 7) is -0.611. The first-order chi connectivity index (χ1) is 10.1. The number of ether oxygens (including phenoxy) is 3. The van der Waals surface area contributed by atoms with E-state index in [9.17, 15) is 8.78 Å². The van der Waals surface area contributed by atoms with E-state index in [1.807, 2.05) is 0 Å². The minimum Gasteiger partial charge on any atom is -0.493 e. The molecule has 4 nitrogen and oxygen atoms in total. The maximum absolute atomic E-state index is 12.6. The zero-order chi connectivity index (χ0) is 15.2. The van der Waals surface area contributed by atoms with Gasteiger partial charge in [0.05, 0.1) is 13.2 Å². The van der Waals surface area contributed by atoms with Crippen molar-refractivity contribution >= 4 is 0 Å². The molecule has 6 heteroatoms. The molecule has 1 unspecified atom stereocenters. The Bertz CT molecular complexity index is 457. The van der Waals surface area contributed by atoms with Crippen molar-refractivity contribution in [1.29, 1.82) is 0 Å². The average Bonchev–Trinajstić information content (AvgIpc) is 2.48. The van der Waals surface area contributed by atoms with Crippen LogP contribution in [0, 0.1) is 0 Å². The molecule has 1 saturated heterocycles. The first-order valence-corrected chi connectivity index (χ1v) is 7.00.